The number of ether oxygens (including phenoxy) is 2. The lowest BCUT2D eigenvalue weighted by atomic mass is 9.90. The van der Waals surface area contributed by atoms with E-state index in [-0.39, 0.29) is 23.5 Å². The van der Waals surface area contributed by atoms with Crippen LogP contribution in [0.2, 0.25) is 0 Å². The molecule has 0 saturated carbocycles. The average Bonchev–Trinajstić information content (AvgIpc) is 3.26. The summed E-state index contributed by atoms with van der Waals surface area (Å²) in [6, 6.07) is 10.6. The fraction of sp³-hybridized carbons (Fsp3) is 0.481. The fourth-order valence-electron chi connectivity index (χ4n) is 5.26. The first-order chi connectivity index (χ1) is 18.2. The minimum Gasteiger partial charge on any atom is -0.491 e. The SMILES string of the molecule is CC(C)Oc1ccc(S(=O)(=O)N2CCC(c3cn(CC(=O)O)c4nc(N5CCOCC5)ccc34)CC2)cc1. The van der Waals surface area contributed by atoms with Gasteiger partial charge in [-0.2, -0.15) is 4.31 Å². The molecule has 2 saturated heterocycles. The van der Waals surface area contributed by atoms with Crippen LogP contribution in [0.3, 0.4) is 0 Å². The van der Waals surface area contributed by atoms with Crippen LogP contribution in [-0.2, 0) is 26.1 Å². The molecule has 10 nitrogen and oxygen atoms in total. The van der Waals surface area contributed by atoms with Crippen molar-refractivity contribution in [3.05, 3.63) is 48.2 Å². The van der Waals surface area contributed by atoms with Crippen molar-refractivity contribution >= 4 is 32.8 Å². The zero-order chi connectivity index (χ0) is 26.9. The van der Waals surface area contributed by atoms with Crippen molar-refractivity contribution in [1.29, 1.82) is 0 Å². The van der Waals surface area contributed by atoms with Crippen molar-refractivity contribution in [3.8, 4) is 5.75 Å². The molecule has 2 fully saturated rings. The maximum absolute atomic E-state index is 13.3. The zero-order valence-electron chi connectivity index (χ0n) is 21.7. The molecule has 1 N–H and O–H groups in total. The van der Waals surface area contributed by atoms with E-state index in [2.05, 4.69) is 4.90 Å². The molecule has 0 atom stereocenters. The second-order valence-electron chi connectivity index (χ2n) is 10.1. The topological polar surface area (TPSA) is 114 Å². The van der Waals surface area contributed by atoms with Crippen molar-refractivity contribution in [2.24, 2.45) is 0 Å². The molecule has 0 spiro atoms. The number of sulfonamides is 1. The van der Waals surface area contributed by atoms with Gasteiger partial charge in [-0.15, -0.1) is 0 Å². The molecule has 0 unspecified atom stereocenters. The maximum Gasteiger partial charge on any atom is 0.323 e. The normalized spacial score (nSPS) is 17.8. The number of aromatic nitrogens is 2. The summed E-state index contributed by atoms with van der Waals surface area (Å²) < 4.78 is 40.9. The monoisotopic (exact) mass is 542 g/mol. The number of piperidine rings is 1. The second-order valence-corrected chi connectivity index (χ2v) is 12.0. The number of nitrogens with zero attached hydrogens (tertiary/aromatic N) is 4. The summed E-state index contributed by atoms with van der Waals surface area (Å²) in [5.74, 6) is 0.623. The van der Waals surface area contributed by atoms with E-state index in [9.17, 15) is 18.3 Å². The Labute approximate surface area is 222 Å². The first-order valence-corrected chi connectivity index (χ1v) is 14.5. The summed E-state index contributed by atoms with van der Waals surface area (Å²) in [5, 5.41) is 10.4. The molecule has 0 radical (unpaired) electrons. The molecule has 0 bridgehead atoms. The first kappa shape index (κ1) is 26.5. The Balaban J connectivity index is 1.35. The number of carbonyl (C=O) groups is 1. The predicted molar refractivity (Wildman–Crippen MR) is 143 cm³/mol. The first-order valence-electron chi connectivity index (χ1n) is 13.0. The number of anilines is 1. The number of aliphatic carboxylic acids is 1. The van der Waals surface area contributed by atoms with E-state index in [0.29, 0.717) is 50.5 Å². The highest BCUT2D eigenvalue weighted by Crippen LogP contribution is 2.36. The van der Waals surface area contributed by atoms with Gasteiger partial charge in [-0.1, -0.05) is 0 Å². The Morgan fingerprint density at radius 1 is 1.08 bits per heavy atom. The van der Waals surface area contributed by atoms with Crippen molar-refractivity contribution in [2.75, 3.05) is 44.3 Å². The van der Waals surface area contributed by atoms with Crippen LogP contribution < -0.4 is 9.64 Å². The van der Waals surface area contributed by atoms with Crippen LogP contribution in [-0.4, -0.2) is 78.8 Å². The van der Waals surface area contributed by atoms with Gasteiger partial charge >= 0.3 is 5.97 Å². The molecule has 2 aliphatic heterocycles. The molecular formula is C27H34N4O6S. The van der Waals surface area contributed by atoms with Gasteiger partial charge in [0.1, 0.15) is 23.8 Å². The highest BCUT2D eigenvalue weighted by Gasteiger charge is 2.31. The molecule has 0 amide bonds. The van der Waals surface area contributed by atoms with E-state index in [4.69, 9.17) is 14.5 Å². The number of carboxylic acids is 1. The van der Waals surface area contributed by atoms with Crippen molar-refractivity contribution < 1.29 is 27.8 Å². The summed E-state index contributed by atoms with van der Waals surface area (Å²) in [7, 11) is -3.62. The smallest absolute Gasteiger partial charge is 0.323 e. The van der Waals surface area contributed by atoms with Crippen LogP contribution in [0.1, 0.15) is 38.2 Å². The summed E-state index contributed by atoms with van der Waals surface area (Å²) >= 11 is 0. The number of hydrogen-bond acceptors (Lipinski definition) is 7. The minimum absolute atomic E-state index is 0.0130. The number of pyridine rings is 1. The highest BCUT2D eigenvalue weighted by atomic mass is 32.2. The molecule has 38 heavy (non-hydrogen) atoms. The van der Waals surface area contributed by atoms with Gasteiger partial charge in [0.25, 0.3) is 0 Å². The molecule has 4 heterocycles. The van der Waals surface area contributed by atoms with E-state index < -0.39 is 16.0 Å². The van der Waals surface area contributed by atoms with Crippen LogP contribution in [0.15, 0.2) is 47.5 Å². The van der Waals surface area contributed by atoms with Crippen molar-refractivity contribution in [2.45, 2.75) is 50.2 Å². The lowest BCUT2D eigenvalue weighted by molar-refractivity contribution is -0.137. The third-order valence-corrected chi connectivity index (χ3v) is 9.02. The van der Waals surface area contributed by atoms with Crippen LogP contribution in [0.5, 0.6) is 5.75 Å². The summed E-state index contributed by atoms with van der Waals surface area (Å²) in [5.41, 5.74) is 1.67. The largest absolute Gasteiger partial charge is 0.491 e. The molecule has 0 aliphatic carbocycles. The Morgan fingerprint density at radius 2 is 1.76 bits per heavy atom. The quantitative estimate of drug-likeness (QED) is 0.461. The fourth-order valence-corrected chi connectivity index (χ4v) is 6.73. The van der Waals surface area contributed by atoms with Gasteiger partial charge in [-0.05, 0) is 74.6 Å². The maximum atomic E-state index is 13.3. The van der Waals surface area contributed by atoms with Crippen LogP contribution in [0.25, 0.3) is 11.0 Å². The van der Waals surface area contributed by atoms with Gasteiger partial charge in [0.2, 0.25) is 10.0 Å². The van der Waals surface area contributed by atoms with E-state index in [1.807, 2.05) is 32.2 Å². The minimum atomic E-state index is -3.62. The van der Waals surface area contributed by atoms with Gasteiger partial charge in [-0.25, -0.2) is 13.4 Å². The lowest BCUT2D eigenvalue weighted by Crippen LogP contribution is -2.37. The number of fused-ring (bicyclic) bond motifs is 1. The van der Waals surface area contributed by atoms with Gasteiger partial charge in [0.05, 0.1) is 24.2 Å². The Bertz CT molecular complexity index is 1390. The molecule has 1 aromatic carbocycles. The standard InChI is InChI=1S/C27H34N4O6S/c1-19(2)37-21-3-5-22(6-4-21)38(34,35)31-11-9-20(10-12-31)24-17-30(18-26(32)33)27-23(24)7-8-25(28-27)29-13-15-36-16-14-29/h3-8,17,19-20H,9-16,18H2,1-2H3,(H,32,33). The third-order valence-electron chi connectivity index (χ3n) is 7.11. The molecule has 2 aliphatic rings. The van der Waals surface area contributed by atoms with E-state index in [1.54, 1.807) is 28.8 Å². The van der Waals surface area contributed by atoms with Crippen molar-refractivity contribution in [1.82, 2.24) is 13.9 Å². The molecule has 3 aromatic rings. The molecule has 5 rings (SSSR count). The number of morpholine rings is 1. The van der Waals surface area contributed by atoms with E-state index in [0.717, 1.165) is 29.9 Å². The predicted octanol–water partition coefficient (Wildman–Crippen LogP) is 3.31. The Morgan fingerprint density at radius 3 is 2.39 bits per heavy atom. The molecule has 204 valence electrons. The van der Waals surface area contributed by atoms with E-state index in [1.165, 1.54) is 4.31 Å². The number of carboxylic acid groups (broad SMARTS) is 1. The third kappa shape index (κ3) is 5.50. The average molecular weight is 543 g/mol. The lowest BCUT2D eigenvalue weighted by Gasteiger charge is -2.31. The van der Waals surface area contributed by atoms with Crippen LogP contribution >= 0.6 is 0 Å². The molecular weight excluding hydrogens is 508 g/mol. The van der Waals surface area contributed by atoms with Crippen LogP contribution in [0, 0.1) is 0 Å². The molecule has 11 heteroatoms. The van der Waals surface area contributed by atoms with Gasteiger partial charge in [0.15, 0.2) is 0 Å². The second kappa shape index (κ2) is 10.9. The number of hydrogen-bond donors (Lipinski definition) is 1. The number of rotatable bonds is 8. The van der Waals surface area contributed by atoms with Crippen molar-refractivity contribution in [3.63, 3.8) is 0 Å². The molecule has 2 aromatic heterocycles. The van der Waals surface area contributed by atoms with Gasteiger partial charge < -0.3 is 24.0 Å². The summed E-state index contributed by atoms with van der Waals surface area (Å²) in [6.07, 6.45) is 3.19. The Hall–Kier alpha value is -3.15. The summed E-state index contributed by atoms with van der Waals surface area (Å²) in [4.78, 5) is 18.8. The highest BCUT2D eigenvalue weighted by molar-refractivity contribution is 7.89. The Kier molecular flexibility index (Phi) is 7.60. The summed E-state index contributed by atoms with van der Waals surface area (Å²) in [6.45, 7) is 7.21. The van der Waals surface area contributed by atoms with E-state index >= 15 is 0 Å². The number of benzene rings is 1. The zero-order valence-corrected chi connectivity index (χ0v) is 22.6. The van der Waals surface area contributed by atoms with Gasteiger partial charge in [-0.3, -0.25) is 4.79 Å². The van der Waals surface area contributed by atoms with Crippen LogP contribution in [0.4, 0.5) is 5.82 Å². The van der Waals surface area contributed by atoms with Gasteiger partial charge in [0, 0.05) is 37.8 Å².